The molecule has 5 nitrogen and oxygen atoms in total. The van der Waals surface area contributed by atoms with E-state index in [2.05, 4.69) is 9.97 Å². The highest BCUT2D eigenvalue weighted by Crippen LogP contribution is 2.20. The SMILES string of the molecule is NC1CCCCCC1OCc1nc2ccsc2c(=O)[nH]1. The van der Waals surface area contributed by atoms with Crippen molar-refractivity contribution in [2.75, 3.05) is 0 Å². The minimum absolute atomic E-state index is 0.0703. The molecule has 1 saturated carbocycles. The molecule has 2 atom stereocenters. The van der Waals surface area contributed by atoms with Gasteiger partial charge >= 0.3 is 0 Å². The topological polar surface area (TPSA) is 81.0 Å². The number of nitrogens with one attached hydrogen (secondary N) is 1. The number of hydrogen-bond acceptors (Lipinski definition) is 5. The molecule has 20 heavy (non-hydrogen) atoms. The van der Waals surface area contributed by atoms with Gasteiger partial charge in [0, 0.05) is 6.04 Å². The van der Waals surface area contributed by atoms with Crippen LogP contribution in [0, 0.1) is 0 Å². The number of rotatable bonds is 3. The van der Waals surface area contributed by atoms with E-state index >= 15 is 0 Å². The predicted molar refractivity (Wildman–Crippen MR) is 79.9 cm³/mol. The van der Waals surface area contributed by atoms with Crippen LogP contribution in [0.3, 0.4) is 0 Å². The summed E-state index contributed by atoms with van der Waals surface area (Å²) in [6.45, 7) is 0.319. The summed E-state index contributed by atoms with van der Waals surface area (Å²) >= 11 is 1.40. The van der Waals surface area contributed by atoms with E-state index in [-0.39, 0.29) is 17.7 Å². The molecule has 2 heterocycles. The van der Waals surface area contributed by atoms with Gasteiger partial charge in [0.15, 0.2) is 0 Å². The van der Waals surface area contributed by atoms with Gasteiger partial charge in [-0.15, -0.1) is 11.3 Å². The number of nitrogens with two attached hydrogens (primary N) is 1. The second-order valence-corrected chi connectivity index (χ2v) is 6.22. The second-order valence-electron chi connectivity index (χ2n) is 5.30. The van der Waals surface area contributed by atoms with Crippen molar-refractivity contribution in [1.82, 2.24) is 9.97 Å². The minimum atomic E-state index is -0.0891. The Kier molecular flexibility index (Phi) is 4.14. The van der Waals surface area contributed by atoms with Gasteiger partial charge in [0.2, 0.25) is 0 Å². The maximum absolute atomic E-state index is 11.9. The Hall–Kier alpha value is -1.24. The summed E-state index contributed by atoms with van der Waals surface area (Å²) in [5, 5.41) is 1.87. The van der Waals surface area contributed by atoms with E-state index in [1.165, 1.54) is 24.2 Å². The van der Waals surface area contributed by atoms with E-state index in [0.717, 1.165) is 24.8 Å². The highest BCUT2D eigenvalue weighted by Gasteiger charge is 2.21. The Morgan fingerprint density at radius 3 is 3.15 bits per heavy atom. The Balaban J connectivity index is 1.71. The lowest BCUT2D eigenvalue weighted by molar-refractivity contribution is 0.0161. The third-order valence-corrected chi connectivity index (χ3v) is 4.70. The molecule has 108 valence electrons. The van der Waals surface area contributed by atoms with Gasteiger partial charge in [-0.05, 0) is 24.3 Å². The van der Waals surface area contributed by atoms with Crippen molar-refractivity contribution in [3.05, 3.63) is 27.6 Å². The van der Waals surface area contributed by atoms with Crippen LogP contribution in [0.15, 0.2) is 16.2 Å². The molecule has 6 heteroatoms. The molecule has 0 amide bonds. The summed E-state index contributed by atoms with van der Waals surface area (Å²) in [6, 6.07) is 1.95. The van der Waals surface area contributed by atoms with Gasteiger partial charge in [-0.1, -0.05) is 19.3 Å². The summed E-state index contributed by atoms with van der Waals surface area (Å²) in [5.41, 5.74) is 6.78. The molecule has 2 aromatic heterocycles. The number of thiophene rings is 1. The van der Waals surface area contributed by atoms with Crippen LogP contribution < -0.4 is 11.3 Å². The summed E-state index contributed by atoms with van der Waals surface area (Å²) in [5.74, 6) is 0.581. The Bertz CT molecular complexity index is 637. The van der Waals surface area contributed by atoms with Crippen molar-refractivity contribution in [2.24, 2.45) is 5.73 Å². The highest BCUT2D eigenvalue weighted by molar-refractivity contribution is 7.17. The van der Waals surface area contributed by atoms with Gasteiger partial charge in [-0.25, -0.2) is 4.98 Å². The van der Waals surface area contributed by atoms with Gasteiger partial charge in [0.05, 0.1) is 11.6 Å². The van der Waals surface area contributed by atoms with Crippen molar-refractivity contribution in [3.8, 4) is 0 Å². The van der Waals surface area contributed by atoms with E-state index in [1.807, 2.05) is 11.4 Å². The first-order valence-corrected chi connectivity index (χ1v) is 7.95. The molecule has 0 radical (unpaired) electrons. The predicted octanol–water partition coefficient (Wildman–Crippen LogP) is 2.16. The molecule has 0 aliphatic heterocycles. The first kappa shape index (κ1) is 13.7. The van der Waals surface area contributed by atoms with Crippen molar-refractivity contribution < 1.29 is 4.74 Å². The molecule has 2 unspecified atom stereocenters. The van der Waals surface area contributed by atoms with Gasteiger partial charge in [0.1, 0.15) is 17.1 Å². The Morgan fingerprint density at radius 2 is 2.25 bits per heavy atom. The number of nitrogens with zero attached hydrogens (tertiary/aromatic N) is 1. The fourth-order valence-electron chi connectivity index (χ4n) is 2.69. The zero-order chi connectivity index (χ0) is 13.9. The highest BCUT2D eigenvalue weighted by atomic mass is 32.1. The molecule has 0 aromatic carbocycles. The smallest absolute Gasteiger partial charge is 0.268 e. The van der Waals surface area contributed by atoms with Crippen LogP contribution in [0.2, 0.25) is 0 Å². The third-order valence-electron chi connectivity index (χ3n) is 3.80. The average Bonchev–Trinajstić information content (AvgIpc) is 2.81. The summed E-state index contributed by atoms with van der Waals surface area (Å²) in [4.78, 5) is 19.1. The standard InChI is InChI=1S/C14H19N3O2S/c15-9-4-2-1-3-5-11(9)19-8-12-16-10-6-7-20-13(10)14(18)17-12/h6-7,9,11H,1-5,8,15H2,(H,16,17,18). The number of H-pyrrole nitrogens is 1. The first-order chi connectivity index (χ1) is 9.74. The van der Waals surface area contributed by atoms with Crippen LogP contribution in [-0.4, -0.2) is 22.1 Å². The minimum Gasteiger partial charge on any atom is -0.369 e. The number of ether oxygens (including phenoxy) is 1. The molecular weight excluding hydrogens is 274 g/mol. The number of aromatic nitrogens is 2. The van der Waals surface area contributed by atoms with Gasteiger partial charge < -0.3 is 15.5 Å². The summed E-state index contributed by atoms with van der Waals surface area (Å²) in [6.07, 6.45) is 5.64. The molecule has 1 fully saturated rings. The number of aromatic amines is 1. The van der Waals surface area contributed by atoms with Gasteiger partial charge in [-0.2, -0.15) is 0 Å². The monoisotopic (exact) mass is 293 g/mol. The molecular formula is C14H19N3O2S. The molecule has 0 saturated heterocycles. The Morgan fingerprint density at radius 1 is 1.40 bits per heavy atom. The molecule has 1 aliphatic carbocycles. The fraction of sp³-hybridized carbons (Fsp3) is 0.571. The zero-order valence-electron chi connectivity index (χ0n) is 11.3. The average molecular weight is 293 g/mol. The zero-order valence-corrected chi connectivity index (χ0v) is 12.1. The normalized spacial score (nSPS) is 23.9. The van der Waals surface area contributed by atoms with Crippen LogP contribution in [0.5, 0.6) is 0 Å². The lowest BCUT2D eigenvalue weighted by Gasteiger charge is -2.21. The molecule has 2 aromatic rings. The quantitative estimate of drug-likeness (QED) is 0.850. The van der Waals surface area contributed by atoms with E-state index in [0.29, 0.717) is 17.1 Å². The van der Waals surface area contributed by atoms with E-state index in [4.69, 9.17) is 10.5 Å². The fourth-order valence-corrected chi connectivity index (χ4v) is 3.41. The summed E-state index contributed by atoms with van der Waals surface area (Å²) < 4.78 is 6.55. The lowest BCUT2D eigenvalue weighted by Crippen LogP contribution is -2.35. The largest absolute Gasteiger partial charge is 0.369 e. The van der Waals surface area contributed by atoms with E-state index < -0.39 is 0 Å². The van der Waals surface area contributed by atoms with E-state index in [1.54, 1.807) is 0 Å². The molecule has 3 N–H and O–H groups in total. The first-order valence-electron chi connectivity index (χ1n) is 7.07. The van der Waals surface area contributed by atoms with Crippen LogP contribution in [0.4, 0.5) is 0 Å². The molecule has 0 spiro atoms. The third kappa shape index (κ3) is 2.92. The van der Waals surface area contributed by atoms with E-state index in [9.17, 15) is 4.79 Å². The van der Waals surface area contributed by atoms with Crippen molar-refractivity contribution in [3.63, 3.8) is 0 Å². The molecule has 1 aliphatic rings. The van der Waals surface area contributed by atoms with Crippen LogP contribution in [0.1, 0.15) is 37.9 Å². The second kappa shape index (κ2) is 6.03. The summed E-state index contributed by atoms with van der Waals surface area (Å²) in [7, 11) is 0. The number of fused-ring (bicyclic) bond motifs is 1. The Labute approximate surface area is 121 Å². The lowest BCUT2D eigenvalue weighted by atomic mass is 10.1. The maximum Gasteiger partial charge on any atom is 0.268 e. The molecule has 3 rings (SSSR count). The van der Waals surface area contributed by atoms with Crippen LogP contribution in [-0.2, 0) is 11.3 Å². The van der Waals surface area contributed by atoms with Crippen molar-refractivity contribution in [2.45, 2.75) is 50.9 Å². The van der Waals surface area contributed by atoms with Crippen LogP contribution in [0.25, 0.3) is 10.2 Å². The van der Waals surface area contributed by atoms with Gasteiger partial charge in [-0.3, -0.25) is 4.79 Å². The van der Waals surface area contributed by atoms with Crippen LogP contribution >= 0.6 is 11.3 Å². The van der Waals surface area contributed by atoms with Gasteiger partial charge in [0.25, 0.3) is 5.56 Å². The van der Waals surface area contributed by atoms with Crippen molar-refractivity contribution >= 4 is 21.6 Å². The number of hydrogen-bond donors (Lipinski definition) is 2. The maximum atomic E-state index is 11.9. The van der Waals surface area contributed by atoms with Crippen molar-refractivity contribution in [1.29, 1.82) is 0 Å². The molecule has 0 bridgehead atoms.